The lowest BCUT2D eigenvalue weighted by molar-refractivity contribution is -0.150. The molecule has 0 aliphatic carbocycles. The number of rotatable bonds is 44. The minimum absolute atomic E-state index is 0.0291. The number of hydrogen-bond donors (Lipinski definition) is 1. The van der Waals surface area contributed by atoms with E-state index in [4.69, 9.17) is 9.47 Å². The minimum atomic E-state index is -0.437. The molecule has 0 heterocycles. The average molecular weight is 841 g/mol. The summed E-state index contributed by atoms with van der Waals surface area (Å²) in [5, 5.41) is 10.3. The smallest absolute Gasteiger partial charge is 0.306 e. The fraction of sp³-hybridized carbons (Fsp3) is 0.939. The van der Waals surface area contributed by atoms with Gasteiger partial charge in [0.05, 0.1) is 12.7 Å². The van der Waals surface area contributed by atoms with Gasteiger partial charge >= 0.3 is 11.9 Å². The van der Waals surface area contributed by atoms with Gasteiger partial charge in [-0.1, -0.05) is 174 Å². The van der Waals surface area contributed by atoms with Gasteiger partial charge < -0.3 is 24.4 Å². The molecule has 0 aliphatic rings. The zero-order valence-corrected chi connectivity index (χ0v) is 39.8. The van der Waals surface area contributed by atoms with E-state index in [9.17, 15) is 19.5 Å². The topological polar surface area (TPSA) is 96.4 Å². The van der Waals surface area contributed by atoms with Crippen molar-refractivity contribution < 1.29 is 29.0 Å². The molecule has 1 atom stereocenters. The molecule has 0 bridgehead atoms. The van der Waals surface area contributed by atoms with Crippen molar-refractivity contribution in [2.75, 3.05) is 46.1 Å². The molecule has 0 rings (SSSR count). The molecule has 58 heavy (non-hydrogen) atoms. The predicted molar refractivity (Wildman–Crippen MR) is 249 cm³/mol. The molecule has 1 amide bonds. The predicted octanol–water partition coefficient (Wildman–Crippen LogP) is 13.8. The molecular weight excluding hydrogens is 745 g/mol. The molecule has 0 aliphatic heterocycles. The molecular formula is C49H96N2O6S. The molecule has 1 N–H and O–H groups in total. The van der Waals surface area contributed by atoms with Crippen LogP contribution < -0.4 is 0 Å². The quantitative estimate of drug-likeness (QED) is 0.0479. The van der Waals surface area contributed by atoms with Crippen LogP contribution in [0.3, 0.4) is 0 Å². The van der Waals surface area contributed by atoms with Crippen molar-refractivity contribution in [3.8, 4) is 0 Å². The van der Waals surface area contributed by atoms with Crippen LogP contribution in [0.5, 0.6) is 0 Å². The van der Waals surface area contributed by atoms with E-state index in [0.29, 0.717) is 51.3 Å². The van der Waals surface area contributed by atoms with Crippen molar-refractivity contribution in [2.24, 2.45) is 0 Å². The Bertz CT molecular complexity index is 906. The highest BCUT2D eigenvalue weighted by atomic mass is 32.2. The number of unbranched alkanes of at least 4 members (excludes halogenated alkanes) is 24. The van der Waals surface area contributed by atoms with Gasteiger partial charge in [0.15, 0.2) is 0 Å². The Morgan fingerprint density at radius 3 is 1.43 bits per heavy atom. The number of aliphatic hydroxyl groups excluding tert-OH is 1. The zero-order valence-electron chi connectivity index (χ0n) is 39.0. The number of carbonyl (C=O) groups excluding carboxylic acids is 3. The summed E-state index contributed by atoms with van der Waals surface area (Å²) in [7, 11) is 3.88. The highest BCUT2D eigenvalue weighted by Crippen LogP contribution is 2.19. The third-order valence-corrected chi connectivity index (χ3v) is 12.1. The molecule has 1 unspecified atom stereocenters. The standard InChI is InChI=1S/C49H96N2O6S/c1-6-9-12-15-18-19-20-26-34-42-56-47(53)37-31-27-33-41-51(49(55)58-43-39-45(52)44-50(4)5)40-32-25-21-24-30-38-48(54)57-46(35-28-22-16-13-10-7-2)36-29-23-17-14-11-8-3/h45-46,52H,6-44H2,1-5H3. The van der Waals surface area contributed by atoms with E-state index in [1.54, 1.807) is 0 Å². The van der Waals surface area contributed by atoms with Crippen LogP contribution in [-0.2, 0) is 19.1 Å². The number of aliphatic hydroxyl groups is 1. The van der Waals surface area contributed by atoms with E-state index >= 15 is 0 Å². The van der Waals surface area contributed by atoms with Crippen LogP contribution in [0.4, 0.5) is 4.79 Å². The number of carbonyl (C=O) groups is 3. The SMILES string of the molecule is CCCCCCCCCCCOC(=O)CCCCCN(CCCCCCCC(=O)OC(CCCCCCCC)CCCCCCCC)C(=O)SCCC(O)CN(C)C. The molecule has 8 nitrogen and oxygen atoms in total. The van der Waals surface area contributed by atoms with E-state index in [1.807, 2.05) is 23.9 Å². The van der Waals surface area contributed by atoms with Crippen molar-refractivity contribution in [1.82, 2.24) is 9.80 Å². The number of ether oxygens (including phenoxy) is 2. The first kappa shape index (κ1) is 56.7. The van der Waals surface area contributed by atoms with Crippen molar-refractivity contribution >= 4 is 28.9 Å². The number of nitrogens with zero attached hydrogens (tertiary/aromatic N) is 2. The van der Waals surface area contributed by atoms with Gasteiger partial charge in [0.1, 0.15) is 6.10 Å². The fourth-order valence-electron chi connectivity index (χ4n) is 7.51. The van der Waals surface area contributed by atoms with Crippen molar-refractivity contribution in [3.63, 3.8) is 0 Å². The molecule has 0 fully saturated rings. The molecule has 9 heteroatoms. The molecule has 0 saturated carbocycles. The lowest BCUT2D eigenvalue weighted by atomic mass is 10.0. The van der Waals surface area contributed by atoms with Gasteiger partial charge in [-0.25, -0.2) is 0 Å². The Morgan fingerprint density at radius 2 is 0.931 bits per heavy atom. The Morgan fingerprint density at radius 1 is 0.517 bits per heavy atom. The number of thioether (sulfide) groups is 1. The first-order valence-corrected chi connectivity index (χ1v) is 25.8. The van der Waals surface area contributed by atoms with Crippen LogP contribution in [-0.4, -0.2) is 90.4 Å². The number of amides is 1. The number of esters is 2. The third-order valence-electron chi connectivity index (χ3n) is 11.2. The van der Waals surface area contributed by atoms with E-state index in [2.05, 4.69) is 20.8 Å². The number of hydrogen-bond acceptors (Lipinski definition) is 8. The van der Waals surface area contributed by atoms with Gasteiger partial charge in [-0.3, -0.25) is 14.4 Å². The summed E-state index contributed by atoms with van der Waals surface area (Å²) in [5.74, 6) is 0.469. The monoisotopic (exact) mass is 841 g/mol. The Balaban J connectivity index is 4.53. The van der Waals surface area contributed by atoms with E-state index in [1.165, 1.54) is 121 Å². The van der Waals surface area contributed by atoms with Gasteiger partial charge in [0, 0.05) is 38.2 Å². The average Bonchev–Trinajstić information content (AvgIpc) is 3.19. The maximum atomic E-state index is 13.2. The number of likely N-dealkylation sites (N-methyl/N-ethyl adjacent to an activating group) is 1. The van der Waals surface area contributed by atoms with Gasteiger partial charge in [-0.05, 0) is 78.3 Å². The summed E-state index contributed by atoms with van der Waals surface area (Å²) in [6.45, 7) is 9.28. The summed E-state index contributed by atoms with van der Waals surface area (Å²) in [4.78, 5) is 42.3. The highest BCUT2D eigenvalue weighted by molar-refractivity contribution is 8.13. The lowest BCUT2D eigenvalue weighted by Crippen LogP contribution is -2.31. The van der Waals surface area contributed by atoms with Crippen molar-refractivity contribution in [2.45, 2.75) is 251 Å². The fourth-order valence-corrected chi connectivity index (χ4v) is 8.44. The van der Waals surface area contributed by atoms with Gasteiger partial charge in [0.2, 0.25) is 0 Å². The lowest BCUT2D eigenvalue weighted by Gasteiger charge is -2.23. The Kier molecular flexibility index (Phi) is 42.8. The highest BCUT2D eigenvalue weighted by Gasteiger charge is 2.17. The molecule has 344 valence electrons. The van der Waals surface area contributed by atoms with Crippen LogP contribution in [0.15, 0.2) is 0 Å². The first-order valence-electron chi connectivity index (χ1n) is 24.8. The second-order valence-corrected chi connectivity index (χ2v) is 18.5. The maximum Gasteiger partial charge on any atom is 0.306 e. The molecule has 0 aromatic carbocycles. The largest absolute Gasteiger partial charge is 0.466 e. The van der Waals surface area contributed by atoms with Crippen LogP contribution >= 0.6 is 11.8 Å². The first-order chi connectivity index (χ1) is 28.2. The molecule has 0 spiro atoms. The van der Waals surface area contributed by atoms with Gasteiger partial charge in [-0.2, -0.15) is 0 Å². The van der Waals surface area contributed by atoms with Crippen LogP contribution in [0.25, 0.3) is 0 Å². The second-order valence-electron chi connectivity index (χ2n) is 17.4. The molecule has 0 aromatic heterocycles. The second kappa shape index (κ2) is 43.8. The summed E-state index contributed by atoms with van der Waals surface area (Å²) < 4.78 is 11.5. The summed E-state index contributed by atoms with van der Waals surface area (Å²) in [6.07, 6.45) is 36.9. The summed E-state index contributed by atoms with van der Waals surface area (Å²) in [5.41, 5.74) is 0. The Labute approximate surface area is 363 Å². The summed E-state index contributed by atoms with van der Waals surface area (Å²) in [6, 6.07) is 0. The van der Waals surface area contributed by atoms with Gasteiger partial charge in [-0.15, -0.1) is 0 Å². The molecule has 0 aromatic rings. The van der Waals surface area contributed by atoms with E-state index < -0.39 is 6.10 Å². The van der Waals surface area contributed by atoms with Gasteiger partial charge in [0.25, 0.3) is 5.24 Å². The summed E-state index contributed by atoms with van der Waals surface area (Å²) >= 11 is 1.31. The zero-order chi connectivity index (χ0) is 42.7. The van der Waals surface area contributed by atoms with Crippen molar-refractivity contribution in [1.29, 1.82) is 0 Å². The third kappa shape index (κ3) is 40.1. The maximum absolute atomic E-state index is 13.2. The minimum Gasteiger partial charge on any atom is -0.466 e. The van der Waals surface area contributed by atoms with Crippen LogP contribution in [0.1, 0.15) is 239 Å². The molecule has 0 saturated heterocycles. The Hall–Kier alpha value is -1.32. The van der Waals surface area contributed by atoms with E-state index in [-0.39, 0.29) is 23.3 Å². The van der Waals surface area contributed by atoms with Crippen LogP contribution in [0, 0.1) is 0 Å². The van der Waals surface area contributed by atoms with Crippen molar-refractivity contribution in [3.05, 3.63) is 0 Å². The molecule has 0 radical (unpaired) electrons. The van der Waals surface area contributed by atoms with E-state index in [0.717, 1.165) is 89.9 Å². The normalized spacial score (nSPS) is 12.1. The van der Waals surface area contributed by atoms with Crippen LogP contribution in [0.2, 0.25) is 0 Å².